The lowest BCUT2D eigenvalue weighted by molar-refractivity contribution is -0.115. The normalized spacial score (nSPS) is 15.9. The third-order valence-electron chi connectivity index (χ3n) is 3.52. The lowest BCUT2D eigenvalue weighted by Gasteiger charge is -2.02. The average Bonchev–Trinajstić information content (AvgIpc) is 2.84. The van der Waals surface area contributed by atoms with Gasteiger partial charge in [-0.15, -0.1) is 0 Å². The third-order valence-corrected chi connectivity index (χ3v) is 3.52. The van der Waals surface area contributed by atoms with Gasteiger partial charge in [-0.25, -0.2) is 9.38 Å². The van der Waals surface area contributed by atoms with Crippen LogP contribution in [0.2, 0.25) is 0 Å². The molecule has 3 rings (SSSR count). The van der Waals surface area contributed by atoms with Crippen LogP contribution in [0.3, 0.4) is 0 Å². The molecule has 1 N–H and O–H groups in total. The van der Waals surface area contributed by atoms with E-state index in [1.54, 1.807) is 18.2 Å². The standard InChI is InChI=1S/C18H15FN2O/c1-11-6-7-12(2)14(8-11)10-16-18(22)21-17(20-16)13-4-3-5-15(19)9-13/h3-10H,1-2H3,(H,20,21,22)/b16-10+. The highest BCUT2D eigenvalue weighted by molar-refractivity contribution is 6.19. The van der Waals surface area contributed by atoms with Crippen LogP contribution >= 0.6 is 0 Å². The van der Waals surface area contributed by atoms with Crippen LogP contribution < -0.4 is 5.32 Å². The van der Waals surface area contributed by atoms with Crippen LogP contribution in [0.5, 0.6) is 0 Å². The van der Waals surface area contributed by atoms with Crippen LogP contribution in [0, 0.1) is 19.7 Å². The van der Waals surface area contributed by atoms with E-state index in [2.05, 4.69) is 10.3 Å². The second-order valence-corrected chi connectivity index (χ2v) is 5.31. The number of carbonyl (C=O) groups excluding carboxylic acids is 1. The first kappa shape index (κ1) is 14.2. The lowest BCUT2D eigenvalue weighted by Crippen LogP contribution is -2.24. The Labute approximate surface area is 128 Å². The largest absolute Gasteiger partial charge is 0.305 e. The van der Waals surface area contributed by atoms with E-state index in [0.717, 1.165) is 16.7 Å². The summed E-state index contributed by atoms with van der Waals surface area (Å²) in [6.45, 7) is 3.98. The molecular weight excluding hydrogens is 279 g/mol. The molecule has 3 nitrogen and oxygen atoms in total. The molecule has 0 spiro atoms. The van der Waals surface area contributed by atoms with Gasteiger partial charge in [-0.2, -0.15) is 0 Å². The van der Waals surface area contributed by atoms with E-state index >= 15 is 0 Å². The van der Waals surface area contributed by atoms with E-state index in [4.69, 9.17) is 0 Å². The highest BCUT2D eigenvalue weighted by Crippen LogP contribution is 2.18. The molecule has 1 amide bonds. The molecular formula is C18H15FN2O. The van der Waals surface area contributed by atoms with E-state index in [9.17, 15) is 9.18 Å². The summed E-state index contributed by atoms with van der Waals surface area (Å²) in [7, 11) is 0. The predicted molar refractivity (Wildman–Crippen MR) is 85.0 cm³/mol. The topological polar surface area (TPSA) is 41.5 Å². The molecule has 0 saturated carbocycles. The molecule has 0 unspecified atom stereocenters. The maximum absolute atomic E-state index is 13.3. The maximum Gasteiger partial charge on any atom is 0.275 e. The van der Waals surface area contributed by atoms with E-state index in [-0.39, 0.29) is 11.7 Å². The molecule has 1 heterocycles. The Morgan fingerprint density at radius 2 is 1.95 bits per heavy atom. The number of benzene rings is 2. The van der Waals surface area contributed by atoms with Crippen molar-refractivity contribution in [2.24, 2.45) is 4.99 Å². The lowest BCUT2D eigenvalue weighted by atomic mass is 10.0. The van der Waals surface area contributed by atoms with Crippen molar-refractivity contribution in [3.8, 4) is 0 Å². The number of amidine groups is 1. The zero-order valence-corrected chi connectivity index (χ0v) is 12.4. The first-order valence-corrected chi connectivity index (χ1v) is 6.98. The van der Waals surface area contributed by atoms with Crippen LogP contribution in [0.1, 0.15) is 22.3 Å². The summed E-state index contributed by atoms with van der Waals surface area (Å²) >= 11 is 0. The Kier molecular flexibility index (Phi) is 3.59. The summed E-state index contributed by atoms with van der Waals surface area (Å²) in [6, 6.07) is 12.0. The van der Waals surface area contributed by atoms with Crippen molar-refractivity contribution in [1.29, 1.82) is 0 Å². The monoisotopic (exact) mass is 294 g/mol. The van der Waals surface area contributed by atoms with Crippen LogP contribution in [-0.2, 0) is 4.79 Å². The molecule has 0 radical (unpaired) electrons. The third kappa shape index (κ3) is 2.81. The summed E-state index contributed by atoms with van der Waals surface area (Å²) in [5.41, 5.74) is 4.02. The van der Waals surface area contributed by atoms with Crippen molar-refractivity contribution < 1.29 is 9.18 Å². The molecule has 1 aliphatic heterocycles. The van der Waals surface area contributed by atoms with Gasteiger partial charge in [-0.05, 0) is 43.2 Å². The van der Waals surface area contributed by atoms with Crippen molar-refractivity contribution >= 4 is 17.8 Å². The first-order valence-electron chi connectivity index (χ1n) is 6.98. The van der Waals surface area contributed by atoms with Crippen LogP contribution in [0.4, 0.5) is 4.39 Å². The van der Waals surface area contributed by atoms with Gasteiger partial charge in [0.1, 0.15) is 17.3 Å². The molecule has 0 bridgehead atoms. The number of hydrogen-bond acceptors (Lipinski definition) is 2. The van der Waals surface area contributed by atoms with Gasteiger partial charge in [0.2, 0.25) is 0 Å². The number of amides is 1. The van der Waals surface area contributed by atoms with Gasteiger partial charge in [0.05, 0.1) is 0 Å². The molecule has 0 aromatic heterocycles. The second kappa shape index (κ2) is 5.56. The second-order valence-electron chi connectivity index (χ2n) is 5.31. The number of carbonyl (C=O) groups is 1. The molecule has 1 aliphatic rings. The Bertz CT molecular complexity index is 822. The van der Waals surface area contributed by atoms with Gasteiger partial charge >= 0.3 is 0 Å². The Balaban J connectivity index is 1.99. The number of nitrogens with one attached hydrogen (secondary N) is 1. The Morgan fingerprint density at radius 3 is 2.73 bits per heavy atom. The molecule has 2 aromatic rings. The molecule has 0 atom stereocenters. The number of hydrogen-bond donors (Lipinski definition) is 1. The molecule has 0 saturated heterocycles. The van der Waals surface area contributed by atoms with Crippen LogP contribution in [0.25, 0.3) is 6.08 Å². The zero-order chi connectivity index (χ0) is 15.7. The van der Waals surface area contributed by atoms with Gasteiger partial charge in [0.25, 0.3) is 5.91 Å². The minimum Gasteiger partial charge on any atom is -0.305 e. The minimum atomic E-state index is -0.360. The highest BCUT2D eigenvalue weighted by atomic mass is 19.1. The fraction of sp³-hybridized carbons (Fsp3) is 0.111. The van der Waals surface area contributed by atoms with E-state index in [1.807, 2.05) is 32.0 Å². The smallest absolute Gasteiger partial charge is 0.275 e. The van der Waals surface area contributed by atoms with E-state index in [1.165, 1.54) is 12.1 Å². The number of aryl methyl sites for hydroxylation is 2. The van der Waals surface area contributed by atoms with E-state index < -0.39 is 0 Å². The molecule has 2 aromatic carbocycles. The summed E-state index contributed by atoms with van der Waals surface area (Å²) in [5, 5.41) is 2.68. The summed E-state index contributed by atoms with van der Waals surface area (Å²) in [6.07, 6.45) is 1.75. The number of rotatable bonds is 2. The minimum absolute atomic E-state index is 0.278. The summed E-state index contributed by atoms with van der Waals surface area (Å²) < 4.78 is 13.3. The van der Waals surface area contributed by atoms with E-state index in [0.29, 0.717) is 17.1 Å². The number of halogens is 1. The SMILES string of the molecule is Cc1ccc(C)c(/C=C2/N=C(c3cccc(F)c3)NC2=O)c1. The Hall–Kier alpha value is -2.75. The van der Waals surface area contributed by atoms with Gasteiger partial charge in [-0.1, -0.05) is 35.9 Å². The molecule has 0 fully saturated rings. The van der Waals surface area contributed by atoms with Crippen molar-refractivity contribution in [3.63, 3.8) is 0 Å². The number of aliphatic imine (C=N–C) groups is 1. The number of nitrogens with zero attached hydrogens (tertiary/aromatic N) is 1. The fourth-order valence-corrected chi connectivity index (χ4v) is 2.30. The van der Waals surface area contributed by atoms with Gasteiger partial charge in [0, 0.05) is 5.56 Å². The van der Waals surface area contributed by atoms with Gasteiger partial charge < -0.3 is 5.32 Å². The van der Waals surface area contributed by atoms with Gasteiger partial charge in [0.15, 0.2) is 0 Å². The van der Waals surface area contributed by atoms with Crippen molar-refractivity contribution in [3.05, 3.63) is 76.2 Å². The van der Waals surface area contributed by atoms with Crippen LogP contribution in [-0.4, -0.2) is 11.7 Å². The zero-order valence-electron chi connectivity index (χ0n) is 12.4. The summed E-state index contributed by atoms with van der Waals surface area (Å²) in [4.78, 5) is 16.4. The molecule has 4 heteroatoms. The Morgan fingerprint density at radius 1 is 1.14 bits per heavy atom. The fourth-order valence-electron chi connectivity index (χ4n) is 2.30. The average molecular weight is 294 g/mol. The molecule has 22 heavy (non-hydrogen) atoms. The molecule has 110 valence electrons. The van der Waals surface area contributed by atoms with Crippen molar-refractivity contribution in [1.82, 2.24) is 5.32 Å². The predicted octanol–water partition coefficient (Wildman–Crippen LogP) is 3.36. The van der Waals surface area contributed by atoms with Crippen LogP contribution in [0.15, 0.2) is 53.2 Å². The van der Waals surface area contributed by atoms with Crippen molar-refractivity contribution in [2.45, 2.75) is 13.8 Å². The summed E-state index contributed by atoms with van der Waals surface area (Å²) in [5.74, 6) is -0.261. The molecule has 0 aliphatic carbocycles. The van der Waals surface area contributed by atoms with Crippen molar-refractivity contribution in [2.75, 3.05) is 0 Å². The van der Waals surface area contributed by atoms with Gasteiger partial charge in [-0.3, -0.25) is 4.79 Å². The quantitative estimate of drug-likeness (QED) is 0.848. The highest BCUT2D eigenvalue weighted by Gasteiger charge is 2.21. The maximum atomic E-state index is 13.3. The first-order chi connectivity index (χ1) is 10.5.